The van der Waals surface area contributed by atoms with Crippen LogP contribution >= 0.6 is 0 Å². The van der Waals surface area contributed by atoms with Crippen molar-refractivity contribution in [2.75, 3.05) is 20.2 Å². The number of pyridine rings is 1. The minimum Gasteiger partial charge on any atom is -0.481 e. The highest BCUT2D eigenvalue weighted by atomic mass is 16.5. The van der Waals surface area contributed by atoms with Crippen LogP contribution in [0.2, 0.25) is 0 Å². The van der Waals surface area contributed by atoms with Crippen LogP contribution in [-0.4, -0.2) is 36.0 Å². The summed E-state index contributed by atoms with van der Waals surface area (Å²) >= 11 is 0. The van der Waals surface area contributed by atoms with E-state index in [9.17, 15) is 4.79 Å². The molecule has 0 N–H and O–H groups in total. The Bertz CT molecular complexity index is 438. The summed E-state index contributed by atoms with van der Waals surface area (Å²) in [5, 5.41) is 0. The van der Waals surface area contributed by atoms with Gasteiger partial charge in [-0.1, -0.05) is 27.7 Å². The molecule has 0 fully saturated rings. The van der Waals surface area contributed by atoms with E-state index in [2.05, 4.69) is 32.7 Å². The molecule has 112 valence electrons. The largest absolute Gasteiger partial charge is 0.481 e. The average Bonchev–Trinajstić information content (AvgIpc) is 2.45. The second-order valence-electron chi connectivity index (χ2n) is 5.27. The van der Waals surface area contributed by atoms with E-state index in [1.54, 1.807) is 7.11 Å². The summed E-state index contributed by atoms with van der Waals surface area (Å²) in [4.78, 5) is 18.7. The topological polar surface area (TPSA) is 42.4 Å². The molecule has 0 aliphatic rings. The summed E-state index contributed by atoms with van der Waals surface area (Å²) in [5.74, 6) is 0.839. The third-order valence-electron chi connectivity index (χ3n) is 3.19. The molecule has 4 heteroatoms. The highest BCUT2D eigenvalue weighted by Gasteiger charge is 2.18. The van der Waals surface area contributed by atoms with Gasteiger partial charge in [-0.15, -0.1) is 0 Å². The third-order valence-corrected chi connectivity index (χ3v) is 3.19. The molecule has 0 saturated carbocycles. The lowest BCUT2D eigenvalue weighted by atomic mass is 10.0. The van der Waals surface area contributed by atoms with Crippen molar-refractivity contribution in [3.05, 3.63) is 23.4 Å². The number of aromatic nitrogens is 1. The number of ether oxygens (including phenoxy) is 1. The zero-order valence-electron chi connectivity index (χ0n) is 13.3. The minimum atomic E-state index is -0.00509. The zero-order chi connectivity index (χ0) is 15.1. The van der Waals surface area contributed by atoms with Gasteiger partial charge in [0.1, 0.15) is 5.69 Å². The van der Waals surface area contributed by atoms with E-state index in [1.165, 1.54) is 0 Å². The van der Waals surface area contributed by atoms with Crippen LogP contribution < -0.4 is 4.74 Å². The molecule has 0 saturated heterocycles. The molecule has 0 unspecified atom stereocenters. The van der Waals surface area contributed by atoms with Crippen molar-refractivity contribution < 1.29 is 9.53 Å². The second kappa shape index (κ2) is 7.88. The molecule has 1 heterocycles. The van der Waals surface area contributed by atoms with E-state index in [0.717, 1.165) is 31.5 Å². The van der Waals surface area contributed by atoms with Gasteiger partial charge in [-0.3, -0.25) is 4.79 Å². The Morgan fingerprint density at radius 3 is 2.30 bits per heavy atom. The van der Waals surface area contributed by atoms with Gasteiger partial charge >= 0.3 is 0 Å². The third kappa shape index (κ3) is 4.22. The average molecular weight is 278 g/mol. The van der Waals surface area contributed by atoms with Crippen molar-refractivity contribution in [2.45, 2.75) is 46.5 Å². The van der Waals surface area contributed by atoms with Gasteiger partial charge in [-0.25, -0.2) is 4.98 Å². The molecule has 1 rings (SSSR count). The number of nitrogens with zero attached hydrogens (tertiary/aromatic N) is 2. The van der Waals surface area contributed by atoms with Gasteiger partial charge in [0.05, 0.1) is 7.11 Å². The lowest BCUT2D eigenvalue weighted by molar-refractivity contribution is 0.0748. The Labute approximate surface area is 122 Å². The molecular weight excluding hydrogens is 252 g/mol. The number of hydrogen-bond donors (Lipinski definition) is 0. The fourth-order valence-electron chi connectivity index (χ4n) is 2.09. The van der Waals surface area contributed by atoms with Crippen LogP contribution in [0.15, 0.2) is 12.1 Å². The van der Waals surface area contributed by atoms with E-state index in [-0.39, 0.29) is 5.91 Å². The van der Waals surface area contributed by atoms with Crippen molar-refractivity contribution in [3.63, 3.8) is 0 Å². The predicted molar refractivity (Wildman–Crippen MR) is 81.4 cm³/mol. The van der Waals surface area contributed by atoms with Crippen LogP contribution in [-0.2, 0) is 0 Å². The van der Waals surface area contributed by atoms with E-state index < -0.39 is 0 Å². The summed E-state index contributed by atoms with van der Waals surface area (Å²) in [6.45, 7) is 9.88. The monoisotopic (exact) mass is 278 g/mol. The maximum absolute atomic E-state index is 12.6. The predicted octanol–water partition coefficient (Wildman–Crippen LogP) is 3.48. The summed E-state index contributed by atoms with van der Waals surface area (Å²) in [5.41, 5.74) is 1.56. The standard InChI is InChI=1S/C16H26N2O2/c1-6-8-18(9-7-2)16(19)14-10-13(12(3)4)11-15(17-14)20-5/h10-12H,6-9H2,1-5H3. The van der Waals surface area contributed by atoms with E-state index in [1.807, 2.05) is 17.0 Å². The molecule has 0 aliphatic carbocycles. The maximum Gasteiger partial charge on any atom is 0.272 e. The zero-order valence-corrected chi connectivity index (χ0v) is 13.3. The number of hydrogen-bond acceptors (Lipinski definition) is 3. The van der Waals surface area contributed by atoms with Crippen LogP contribution in [0.4, 0.5) is 0 Å². The Hall–Kier alpha value is -1.58. The molecule has 1 aromatic heterocycles. The first kappa shape index (κ1) is 16.5. The van der Waals surface area contributed by atoms with Gasteiger partial charge in [0.25, 0.3) is 5.91 Å². The van der Waals surface area contributed by atoms with E-state index in [4.69, 9.17) is 4.74 Å². The molecule has 1 amide bonds. The molecule has 0 spiro atoms. The van der Waals surface area contributed by atoms with Crippen LogP contribution in [0.3, 0.4) is 0 Å². The van der Waals surface area contributed by atoms with Crippen molar-refractivity contribution >= 4 is 5.91 Å². The Morgan fingerprint density at radius 1 is 1.25 bits per heavy atom. The van der Waals surface area contributed by atoms with Gasteiger partial charge in [0.15, 0.2) is 0 Å². The lowest BCUT2D eigenvalue weighted by Gasteiger charge is -2.21. The Balaban J connectivity index is 3.09. The van der Waals surface area contributed by atoms with Gasteiger partial charge in [0, 0.05) is 19.2 Å². The lowest BCUT2D eigenvalue weighted by Crippen LogP contribution is -2.33. The van der Waals surface area contributed by atoms with E-state index in [0.29, 0.717) is 17.5 Å². The molecule has 0 bridgehead atoms. The van der Waals surface area contributed by atoms with E-state index >= 15 is 0 Å². The minimum absolute atomic E-state index is 0.00509. The summed E-state index contributed by atoms with van der Waals surface area (Å²) < 4.78 is 5.21. The number of carbonyl (C=O) groups excluding carboxylic acids is 1. The molecule has 1 aromatic rings. The summed E-state index contributed by atoms with van der Waals surface area (Å²) in [6, 6.07) is 3.78. The first-order valence-electron chi connectivity index (χ1n) is 7.38. The molecule has 20 heavy (non-hydrogen) atoms. The molecule has 0 radical (unpaired) electrons. The van der Waals surface area contributed by atoms with Crippen LogP contribution in [0.5, 0.6) is 5.88 Å². The van der Waals surface area contributed by atoms with Crippen LogP contribution in [0.25, 0.3) is 0 Å². The van der Waals surface area contributed by atoms with Crippen molar-refractivity contribution in [1.82, 2.24) is 9.88 Å². The van der Waals surface area contributed by atoms with Gasteiger partial charge in [-0.2, -0.15) is 0 Å². The smallest absolute Gasteiger partial charge is 0.272 e. The quantitative estimate of drug-likeness (QED) is 0.767. The fourth-order valence-corrected chi connectivity index (χ4v) is 2.09. The molecule has 4 nitrogen and oxygen atoms in total. The molecular formula is C16H26N2O2. The van der Waals surface area contributed by atoms with Crippen molar-refractivity contribution in [1.29, 1.82) is 0 Å². The number of rotatable bonds is 7. The first-order chi connectivity index (χ1) is 9.53. The van der Waals surface area contributed by atoms with Gasteiger partial charge < -0.3 is 9.64 Å². The van der Waals surface area contributed by atoms with Crippen LogP contribution in [0, 0.1) is 0 Å². The Kier molecular flexibility index (Phi) is 6.49. The Morgan fingerprint density at radius 2 is 1.85 bits per heavy atom. The van der Waals surface area contributed by atoms with Crippen molar-refractivity contribution in [2.24, 2.45) is 0 Å². The summed E-state index contributed by atoms with van der Waals surface area (Å²) in [7, 11) is 1.58. The SMILES string of the molecule is CCCN(CCC)C(=O)c1cc(C(C)C)cc(OC)n1. The fraction of sp³-hybridized carbons (Fsp3) is 0.625. The summed E-state index contributed by atoms with van der Waals surface area (Å²) in [6.07, 6.45) is 1.90. The van der Waals surface area contributed by atoms with Crippen LogP contribution in [0.1, 0.15) is 62.5 Å². The van der Waals surface area contributed by atoms with Crippen molar-refractivity contribution in [3.8, 4) is 5.88 Å². The highest BCUT2D eigenvalue weighted by Crippen LogP contribution is 2.21. The first-order valence-corrected chi connectivity index (χ1v) is 7.38. The molecule has 0 aliphatic heterocycles. The number of methoxy groups -OCH3 is 1. The highest BCUT2D eigenvalue weighted by molar-refractivity contribution is 5.92. The maximum atomic E-state index is 12.6. The number of carbonyl (C=O) groups is 1. The van der Waals surface area contributed by atoms with Gasteiger partial charge in [0.2, 0.25) is 5.88 Å². The number of amides is 1. The second-order valence-corrected chi connectivity index (χ2v) is 5.27. The molecule has 0 aromatic carbocycles. The normalized spacial score (nSPS) is 10.7. The molecule has 0 atom stereocenters. The van der Waals surface area contributed by atoms with Gasteiger partial charge in [-0.05, 0) is 30.4 Å².